The third-order valence-corrected chi connectivity index (χ3v) is 8.41. The number of nitrogens with one attached hydrogen (secondary N) is 2. The maximum absolute atomic E-state index is 14.1. The largest absolute Gasteiger partial charge is 0.344 e. The molecule has 0 aliphatic carbocycles. The summed E-state index contributed by atoms with van der Waals surface area (Å²) in [6.07, 6.45) is 2.54. The summed E-state index contributed by atoms with van der Waals surface area (Å²) in [5, 5.41) is 5.64. The molecule has 3 heterocycles. The smallest absolute Gasteiger partial charge is 0.251 e. The number of hydrogen-bond acceptors (Lipinski definition) is 5. The van der Waals surface area contributed by atoms with Gasteiger partial charge in [0, 0.05) is 29.4 Å². The Morgan fingerprint density at radius 2 is 1.83 bits per heavy atom. The van der Waals surface area contributed by atoms with E-state index >= 15 is 0 Å². The summed E-state index contributed by atoms with van der Waals surface area (Å²) < 4.78 is 0. The van der Waals surface area contributed by atoms with Crippen molar-refractivity contribution >= 4 is 52.7 Å². The molecule has 3 atom stereocenters. The summed E-state index contributed by atoms with van der Waals surface area (Å²) in [5.41, 5.74) is 1.45. The van der Waals surface area contributed by atoms with E-state index < -0.39 is 23.2 Å². The van der Waals surface area contributed by atoms with Gasteiger partial charge in [-0.15, -0.1) is 11.8 Å². The highest BCUT2D eigenvalue weighted by Crippen LogP contribution is 2.46. The first kappa shape index (κ1) is 24.6. The summed E-state index contributed by atoms with van der Waals surface area (Å²) in [5.74, 6) is -1.09. The molecule has 10 heteroatoms. The van der Waals surface area contributed by atoms with Crippen LogP contribution in [-0.4, -0.2) is 60.2 Å². The van der Waals surface area contributed by atoms with Crippen molar-refractivity contribution in [1.82, 2.24) is 15.5 Å². The molecular weight excluding hydrogens is 500 g/mol. The van der Waals surface area contributed by atoms with Crippen LogP contribution in [0.3, 0.4) is 0 Å². The van der Waals surface area contributed by atoms with Gasteiger partial charge in [-0.1, -0.05) is 41.9 Å². The van der Waals surface area contributed by atoms with Crippen LogP contribution in [0.25, 0.3) is 0 Å². The predicted molar refractivity (Wildman–Crippen MR) is 138 cm³/mol. The highest BCUT2D eigenvalue weighted by atomic mass is 35.5. The maximum Gasteiger partial charge on any atom is 0.251 e. The van der Waals surface area contributed by atoms with Gasteiger partial charge in [0.1, 0.15) is 18.6 Å². The van der Waals surface area contributed by atoms with E-state index in [1.165, 1.54) is 16.7 Å². The van der Waals surface area contributed by atoms with Crippen LogP contribution >= 0.6 is 23.4 Å². The molecule has 0 radical (unpaired) electrons. The maximum atomic E-state index is 14.1. The molecular formula is C26H27ClN4O4S. The Balaban J connectivity index is 1.53. The zero-order valence-corrected chi connectivity index (χ0v) is 21.2. The van der Waals surface area contributed by atoms with Crippen molar-refractivity contribution in [2.45, 2.75) is 47.9 Å². The van der Waals surface area contributed by atoms with Gasteiger partial charge in [-0.05, 0) is 43.0 Å². The van der Waals surface area contributed by atoms with E-state index in [9.17, 15) is 19.2 Å². The van der Waals surface area contributed by atoms with Gasteiger partial charge in [0.05, 0.1) is 10.9 Å². The van der Waals surface area contributed by atoms with Crippen molar-refractivity contribution in [1.29, 1.82) is 0 Å². The van der Waals surface area contributed by atoms with Gasteiger partial charge in [-0.3, -0.25) is 19.2 Å². The van der Waals surface area contributed by atoms with Gasteiger partial charge in [-0.25, -0.2) is 0 Å². The lowest BCUT2D eigenvalue weighted by Crippen LogP contribution is -2.55. The summed E-state index contributed by atoms with van der Waals surface area (Å²) in [7, 11) is 0. The Bertz CT molecular complexity index is 1190. The predicted octanol–water partition coefficient (Wildman–Crippen LogP) is 2.91. The average Bonchev–Trinajstić information content (AvgIpc) is 3.55. The van der Waals surface area contributed by atoms with Crippen molar-refractivity contribution < 1.29 is 19.2 Å². The first-order valence-corrected chi connectivity index (χ1v) is 13.4. The fraction of sp³-hybridized carbons (Fsp3) is 0.385. The molecule has 2 N–H and O–H groups in total. The molecule has 0 aromatic heterocycles. The van der Waals surface area contributed by atoms with Crippen molar-refractivity contribution in [3.05, 3.63) is 59.1 Å². The van der Waals surface area contributed by atoms with Crippen molar-refractivity contribution in [2.24, 2.45) is 0 Å². The zero-order chi connectivity index (χ0) is 25.2. The Morgan fingerprint density at radius 1 is 1.08 bits per heavy atom. The Labute approximate surface area is 218 Å². The topological polar surface area (TPSA) is 98.8 Å². The Morgan fingerprint density at radius 3 is 2.53 bits per heavy atom. The van der Waals surface area contributed by atoms with E-state index in [1.54, 1.807) is 23.1 Å². The number of benzene rings is 2. The SMILES string of the molecule is O=C1CC[C@@H](C(=O)N[C@@H]2C(=O)N(CC(=O)N3CCCC3)c3ccc(Cl)cc3S[C@H]2c2ccccc2)N1. The van der Waals surface area contributed by atoms with Crippen molar-refractivity contribution in [3.63, 3.8) is 0 Å². The summed E-state index contributed by atoms with van der Waals surface area (Å²) in [6.45, 7) is 1.23. The van der Waals surface area contributed by atoms with E-state index in [0.717, 1.165) is 23.3 Å². The van der Waals surface area contributed by atoms with Crippen LogP contribution < -0.4 is 15.5 Å². The highest BCUT2D eigenvalue weighted by Gasteiger charge is 2.42. The monoisotopic (exact) mass is 526 g/mol. The van der Waals surface area contributed by atoms with Crippen LogP contribution in [0.4, 0.5) is 5.69 Å². The highest BCUT2D eigenvalue weighted by molar-refractivity contribution is 7.99. The number of fused-ring (bicyclic) bond motifs is 1. The molecule has 8 nitrogen and oxygen atoms in total. The number of thioether (sulfide) groups is 1. The molecule has 2 fully saturated rings. The van der Waals surface area contributed by atoms with Crippen LogP contribution in [0.15, 0.2) is 53.4 Å². The number of halogens is 1. The molecule has 3 aliphatic heterocycles. The summed E-state index contributed by atoms with van der Waals surface area (Å²) in [4.78, 5) is 56.2. The molecule has 0 saturated carbocycles. The number of rotatable bonds is 5. The van der Waals surface area contributed by atoms with Gasteiger partial charge < -0.3 is 20.4 Å². The fourth-order valence-electron chi connectivity index (χ4n) is 4.90. The summed E-state index contributed by atoms with van der Waals surface area (Å²) >= 11 is 7.77. The Kier molecular flexibility index (Phi) is 7.20. The second-order valence-corrected chi connectivity index (χ2v) is 10.8. The molecule has 0 spiro atoms. The quantitative estimate of drug-likeness (QED) is 0.624. The first-order chi connectivity index (χ1) is 17.4. The number of anilines is 1. The third kappa shape index (κ3) is 5.08. The third-order valence-electron chi connectivity index (χ3n) is 6.79. The molecule has 4 amide bonds. The molecule has 5 rings (SSSR count). The number of carbonyl (C=O) groups is 4. The molecule has 36 heavy (non-hydrogen) atoms. The van der Waals surface area contributed by atoms with Crippen molar-refractivity contribution in [3.8, 4) is 0 Å². The number of likely N-dealkylation sites (tertiary alicyclic amines) is 1. The second-order valence-electron chi connectivity index (χ2n) is 9.22. The van der Waals surface area contributed by atoms with E-state index in [2.05, 4.69) is 10.6 Å². The molecule has 2 saturated heterocycles. The molecule has 2 aromatic rings. The van der Waals surface area contributed by atoms with E-state index in [0.29, 0.717) is 30.2 Å². The first-order valence-electron chi connectivity index (χ1n) is 12.1. The van der Waals surface area contributed by atoms with E-state index in [-0.39, 0.29) is 30.7 Å². The number of hydrogen-bond donors (Lipinski definition) is 2. The van der Waals surface area contributed by atoms with Gasteiger partial charge in [-0.2, -0.15) is 0 Å². The van der Waals surface area contributed by atoms with Crippen LogP contribution in [0.2, 0.25) is 5.02 Å². The number of nitrogens with zero attached hydrogens (tertiary/aromatic N) is 2. The lowest BCUT2D eigenvalue weighted by atomic mass is 10.0. The molecule has 2 aromatic carbocycles. The number of carbonyl (C=O) groups excluding carboxylic acids is 4. The lowest BCUT2D eigenvalue weighted by molar-refractivity contribution is -0.132. The van der Waals surface area contributed by atoms with Gasteiger partial charge in [0.15, 0.2) is 0 Å². The van der Waals surface area contributed by atoms with Crippen LogP contribution in [0.5, 0.6) is 0 Å². The van der Waals surface area contributed by atoms with Crippen LogP contribution in [0, 0.1) is 0 Å². The molecule has 188 valence electrons. The van der Waals surface area contributed by atoms with Crippen LogP contribution in [0.1, 0.15) is 36.5 Å². The lowest BCUT2D eigenvalue weighted by Gasteiger charge is -2.30. The zero-order valence-electron chi connectivity index (χ0n) is 19.6. The minimum absolute atomic E-state index is 0.123. The number of amides is 4. The van der Waals surface area contributed by atoms with Gasteiger partial charge in [0.25, 0.3) is 5.91 Å². The van der Waals surface area contributed by atoms with E-state index in [4.69, 9.17) is 11.6 Å². The normalized spacial score (nSPS) is 23.8. The minimum atomic E-state index is -0.958. The van der Waals surface area contributed by atoms with Crippen molar-refractivity contribution in [2.75, 3.05) is 24.5 Å². The van der Waals surface area contributed by atoms with Crippen LogP contribution in [-0.2, 0) is 19.2 Å². The van der Waals surface area contributed by atoms with Gasteiger partial charge >= 0.3 is 0 Å². The minimum Gasteiger partial charge on any atom is -0.344 e. The fourth-order valence-corrected chi connectivity index (χ4v) is 6.51. The second kappa shape index (κ2) is 10.5. The standard InChI is InChI=1S/C26H27ClN4O4S/c27-17-8-10-19-20(14-17)36-24(16-6-2-1-3-7-16)23(29-25(34)18-9-11-21(32)28-18)26(35)31(19)15-22(33)30-12-4-5-13-30/h1-3,6-8,10,14,18,23-24H,4-5,9,11-13,15H2,(H,28,32)(H,29,34)/t18-,23-,24-/m0/s1. The molecule has 3 aliphatic rings. The molecule has 0 bridgehead atoms. The van der Waals surface area contributed by atoms with E-state index in [1.807, 2.05) is 30.3 Å². The Hall–Kier alpha value is -3.04. The van der Waals surface area contributed by atoms with Gasteiger partial charge in [0.2, 0.25) is 17.7 Å². The summed E-state index contributed by atoms with van der Waals surface area (Å²) in [6, 6.07) is 13.1. The average molecular weight is 527 g/mol. The molecule has 0 unspecified atom stereocenters.